The molecule has 1 amide bonds. The summed E-state index contributed by atoms with van der Waals surface area (Å²) < 4.78 is 0. The Kier molecular flexibility index (Phi) is 4.54. The number of aliphatic hydroxyl groups is 1. The predicted octanol–water partition coefficient (Wildman–Crippen LogP) is 2.30. The minimum Gasteiger partial charge on any atom is -0.385 e. The number of likely N-dealkylation sites (tertiary alicyclic amines) is 1. The zero-order chi connectivity index (χ0) is 17.4. The first kappa shape index (κ1) is 17.0. The van der Waals surface area contributed by atoms with E-state index in [2.05, 4.69) is 21.7 Å². The number of nitrogens with zero attached hydrogens (tertiary/aromatic N) is 3. The summed E-state index contributed by atoms with van der Waals surface area (Å²) in [5, 5.41) is 11.2. The van der Waals surface area contributed by atoms with Crippen LogP contribution in [0, 0.1) is 0 Å². The van der Waals surface area contributed by atoms with E-state index in [-0.39, 0.29) is 5.91 Å². The van der Waals surface area contributed by atoms with Gasteiger partial charge in [-0.15, -0.1) is 0 Å². The van der Waals surface area contributed by atoms with Crippen LogP contribution in [-0.4, -0.2) is 57.0 Å². The highest BCUT2D eigenvalue weighted by Crippen LogP contribution is 2.45. The summed E-state index contributed by atoms with van der Waals surface area (Å²) in [5.74, 6) is 0.274. The van der Waals surface area contributed by atoms with Crippen molar-refractivity contribution in [3.63, 3.8) is 0 Å². The summed E-state index contributed by atoms with van der Waals surface area (Å²) in [6.07, 6.45) is 10.6. The van der Waals surface area contributed by atoms with Crippen molar-refractivity contribution in [3.05, 3.63) is 30.1 Å². The molecule has 3 atom stereocenters. The Morgan fingerprint density at radius 2 is 2.04 bits per heavy atom. The standard InChI is InChI=1S/C20H29N3O2/c1-15-5-2-3-10-22(15)19(24)14-23-17-7-8-18(23)12-20(25,11-17)16-6-4-9-21-13-16/h4,6,9,13,15,17-18,25H,2-3,5,7-8,10-12,14H2,1H3. The number of amides is 1. The fourth-order valence-electron chi connectivity index (χ4n) is 5.16. The summed E-state index contributed by atoms with van der Waals surface area (Å²) >= 11 is 0. The van der Waals surface area contributed by atoms with Gasteiger partial charge in [0.25, 0.3) is 0 Å². The molecule has 0 radical (unpaired) electrons. The number of pyridine rings is 1. The number of carbonyl (C=O) groups is 1. The molecule has 136 valence electrons. The van der Waals surface area contributed by atoms with Crippen molar-refractivity contribution in [1.82, 2.24) is 14.8 Å². The van der Waals surface area contributed by atoms with Gasteiger partial charge in [-0.1, -0.05) is 6.07 Å². The molecule has 1 N–H and O–H groups in total. The second-order valence-corrected chi connectivity index (χ2v) is 8.17. The van der Waals surface area contributed by atoms with E-state index in [0.29, 0.717) is 37.5 Å². The second-order valence-electron chi connectivity index (χ2n) is 8.17. The van der Waals surface area contributed by atoms with Crippen molar-refractivity contribution in [2.45, 2.75) is 75.6 Å². The lowest BCUT2D eigenvalue weighted by atomic mass is 9.81. The Hall–Kier alpha value is -1.46. The van der Waals surface area contributed by atoms with E-state index >= 15 is 0 Å². The predicted molar refractivity (Wildman–Crippen MR) is 95.9 cm³/mol. The Labute approximate surface area is 150 Å². The van der Waals surface area contributed by atoms with Crippen molar-refractivity contribution in [2.24, 2.45) is 0 Å². The first-order chi connectivity index (χ1) is 12.1. The summed E-state index contributed by atoms with van der Waals surface area (Å²) in [5.41, 5.74) is 0.125. The summed E-state index contributed by atoms with van der Waals surface area (Å²) in [7, 11) is 0. The maximum Gasteiger partial charge on any atom is 0.237 e. The SMILES string of the molecule is CC1CCCCN1C(=O)CN1C2CCC1CC(O)(c1cccnc1)C2. The molecule has 3 saturated heterocycles. The molecule has 3 aliphatic rings. The molecule has 25 heavy (non-hydrogen) atoms. The molecule has 2 bridgehead atoms. The largest absolute Gasteiger partial charge is 0.385 e. The molecule has 5 heteroatoms. The van der Waals surface area contributed by atoms with Crippen molar-refractivity contribution >= 4 is 5.91 Å². The van der Waals surface area contributed by atoms with Crippen LogP contribution in [0.1, 0.15) is 57.4 Å². The first-order valence-electron chi connectivity index (χ1n) is 9.75. The lowest BCUT2D eigenvalue weighted by Gasteiger charge is -2.44. The highest BCUT2D eigenvalue weighted by atomic mass is 16.3. The van der Waals surface area contributed by atoms with Crippen LogP contribution in [0.25, 0.3) is 0 Å². The molecule has 0 aromatic carbocycles. The maximum atomic E-state index is 12.8. The number of hydrogen-bond donors (Lipinski definition) is 1. The van der Waals surface area contributed by atoms with Gasteiger partial charge in [0.2, 0.25) is 5.91 Å². The number of aromatic nitrogens is 1. The molecular weight excluding hydrogens is 314 g/mol. The fourth-order valence-corrected chi connectivity index (χ4v) is 5.16. The van der Waals surface area contributed by atoms with Crippen LogP contribution in [0.15, 0.2) is 24.5 Å². The number of piperidine rings is 2. The molecule has 3 unspecified atom stereocenters. The van der Waals surface area contributed by atoms with Gasteiger partial charge in [0.15, 0.2) is 0 Å². The van der Waals surface area contributed by atoms with E-state index in [1.54, 1.807) is 12.4 Å². The summed E-state index contributed by atoms with van der Waals surface area (Å²) in [4.78, 5) is 21.5. The Bertz CT molecular complexity index is 607. The van der Waals surface area contributed by atoms with Crippen LogP contribution in [0.4, 0.5) is 0 Å². The van der Waals surface area contributed by atoms with Gasteiger partial charge < -0.3 is 10.0 Å². The molecule has 3 aliphatic heterocycles. The third-order valence-electron chi connectivity index (χ3n) is 6.56. The second kappa shape index (κ2) is 6.69. The van der Waals surface area contributed by atoms with Gasteiger partial charge in [0.05, 0.1) is 12.1 Å². The monoisotopic (exact) mass is 343 g/mol. The van der Waals surface area contributed by atoms with Gasteiger partial charge in [-0.25, -0.2) is 0 Å². The minimum absolute atomic E-state index is 0.274. The van der Waals surface area contributed by atoms with E-state index in [1.807, 2.05) is 12.1 Å². The minimum atomic E-state index is -0.794. The maximum absolute atomic E-state index is 12.8. The number of fused-ring (bicyclic) bond motifs is 2. The number of carbonyl (C=O) groups excluding carboxylic acids is 1. The average Bonchev–Trinajstić information content (AvgIpc) is 2.87. The topological polar surface area (TPSA) is 56.7 Å². The van der Waals surface area contributed by atoms with Crippen molar-refractivity contribution in [1.29, 1.82) is 0 Å². The van der Waals surface area contributed by atoms with Gasteiger partial charge in [-0.3, -0.25) is 14.7 Å². The summed E-state index contributed by atoms with van der Waals surface area (Å²) in [6.45, 7) is 3.59. The highest BCUT2D eigenvalue weighted by Gasteiger charge is 2.49. The van der Waals surface area contributed by atoms with E-state index in [9.17, 15) is 9.90 Å². The average molecular weight is 343 g/mol. The van der Waals surface area contributed by atoms with Crippen LogP contribution < -0.4 is 0 Å². The van der Waals surface area contributed by atoms with Gasteiger partial charge >= 0.3 is 0 Å². The quantitative estimate of drug-likeness (QED) is 0.915. The zero-order valence-electron chi connectivity index (χ0n) is 15.1. The highest BCUT2D eigenvalue weighted by molar-refractivity contribution is 5.78. The number of hydrogen-bond acceptors (Lipinski definition) is 4. The normalized spacial score (nSPS) is 35.8. The molecule has 5 nitrogen and oxygen atoms in total. The number of rotatable bonds is 3. The van der Waals surface area contributed by atoms with Crippen LogP contribution in [0.2, 0.25) is 0 Å². The first-order valence-corrected chi connectivity index (χ1v) is 9.75. The zero-order valence-corrected chi connectivity index (χ0v) is 15.1. The molecule has 0 saturated carbocycles. The van der Waals surface area contributed by atoms with E-state index < -0.39 is 5.60 Å². The van der Waals surface area contributed by atoms with Crippen LogP contribution >= 0.6 is 0 Å². The van der Waals surface area contributed by atoms with Crippen molar-refractivity contribution in [3.8, 4) is 0 Å². The Morgan fingerprint density at radius 3 is 2.68 bits per heavy atom. The molecule has 0 spiro atoms. The van der Waals surface area contributed by atoms with Gasteiger partial charge in [0.1, 0.15) is 0 Å². The van der Waals surface area contributed by atoms with Gasteiger partial charge in [-0.2, -0.15) is 0 Å². The smallest absolute Gasteiger partial charge is 0.237 e. The summed E-state index contributed by atoms with van der Waals surface area (Å²) in [6, 6.07) is 4.84. The lowest BCUT2D eigenvalue weighted by molar-refractivity contribution is -0.139. The molecule has 4 heterocycles. The van der Waals surface area contributed by atoms with E-state index in [0.717, 1.165) is 37.8 Å². The van der Waals surface area contributed by atoms with Crippen LogP contribution in [-0.2, 0) is 10.4 Å². The van der Waals surface area contributed by atoms with Crippen LogP contribution in [0.5, 0.6) is 0 Å². The molecule has 0 aliphatic carbocycles. The fraction of sp³-hybridized carbons (Fsp3) is 0.700. The Balaban J connectivity index is 1.45. The molecular formula is C20H29N3O2. The van der Waals surface area contributed by atoms with Crippen molar-refractivity contribution < 1.29 is 9.90 Å². The molecule has 4 rings (SSSR count). The molecule has 1 aromatic rings. The van der Waals surface area contributed by atoms with E-state index in [1.165, 1.54) is 6.42 Å². The van der Waals surface area contributed by atoms with E-state index in [4.69, 9.17) is 0 Å². The Morgan fingerprint density at radius 1 is 1.28 bits per heavy atom. The molecule has 3 fully saturated rings. The van der Waals surface area contributed by atoms with Crippen molar-refractivity contribution in [2.75, 3.05) is 13.1 Å². The van der Waals surface area contributed by atoms with Gasteiger partial charge in [-0.05, 0) is 57.9 Å². The van der Waals surface area contributed by atoms with Gasteiger partial charge in [0, 0.05) is 42.6 Å². The van der Waals surface area contributed by atoms with Crippen LogP contribution in [0.3, 0.4) is 0 Å². The third-order valence-corrected chi connectivity index (χ3v) is 6.56. The third kappa shape index (κ3) is 3.20. The molecule has 1 aromatic heterocycles. The lowest BCUT2D eigenvalue weighted by Crippen LogP contribution is -2.54.